The van der Waals surface area contributed by atoms with Crippen LogP contribution < -0.4 is 76.1 Å². The first-order chi connectivity index (χ1) is 50.5. The summed E-state index contributed by atoms with van der Waals surface area (Å²) >= 11 is 0. The maximum Gasteiger partial charge on any atom is 0.490 e. The van der Waals surface area contributed by atoms with Crippen molar-refractivity contribution >= 4 is 88.8 Å². The van der Waals surface area contributed by atoms with Crippen LogP contribution in [0.5, 0.6) is 0 Å². The summed E-state index contributed by atoms with van der Waals surface area (Å²) in [5.41, 5.74) is 19.6. The number of carbonyl (C=O) groups is 14. The number of ether oxygens (including phenoxy) is 1. The Bertz CT molecular complexity index is 3330. The van der Waals surface area contributed by atoms with Crippen molar-refractivity contribution in [1.29, 1.82) is 0 Å². The number of cyclic esters (lactones) is 1. The Morgan fingerprint density at radius 2 is 1.14 bits per heavy atom. The fourth-order valence-corrected chi connectivity index (χ4v) is 10.6. The number of aliphatic carboxylic acids is 2. The van der Waals surface area contributed by atoms with Gasteiger partial charge < -0.3 is 111 Å². The standard InChI is InChI=1S/C61H98F3N15O17.2C2HF3O2/c1-11-30(6)39-52(90)76-40(31(7)81)51(89)70-26-38(82)74-42(45(84)47(66)85)54(92)73-37(27-80)56(94)96-46(32-16-13-12-14-17-32)43(78-57(95)60(21-19-33(20-22-60)61(62,63)64)79-48(86)34(65)25-59(8,9)10)55(93)77-41(44(83)29(4)5)53(91)72-36(24-28(2)3)50(88)71-35(49(87)75-39)18-15-23-69-58(67)68;2*3-2(4,5)1(6)7/h12-14,16-17,28-31,33-37,39-46,80-81,83-84H,11,15,18-27,65H2,1-10H3,(H2,66,85)(H,70,89)(H,71,88)(H,72,91)(H,73,92)(H,74,82)(H,75,87)(H,76,90)(H,77,93)(H,78,95)(H,79,86)(H4,67,68,69);2*(H,6,7)/t30-,31-,33?,34+,35+,36-,37-,39?,40-,41-,42-,43?,44+,45-,46+,60?;;/m0../s1. The minimum atomic E-state index is -5.08. The summed E-state index contributed by atoms with van der Waals surface area (Å²) in [6.45, 7) is 13.0. The largest absolute Gasteiger partial charge is 0.490 e. The average molecular weight is 1600 g/mol. The third-order valence-corrected chi connectivity index (χ3v) is 16.8. The van der Waals surface area contributed by atoms with Crippen LogP contribution in [0.4, 0.5) is 39.5 Å². The molecule has 0 radical (unpaired) electrons. The van der Waals surface area contributed by atoms with Crippen molar-refractivity contribution in [1.82, 2.24) is 53.2 Å². The number of aliphatic hydroxyl groups excluding tert-OH is 4. The van der Waals surface area contributed by atoms with Crippen LogP contribution in [0.2, 0.25) is 0 Å². The summed E-state index contributed by atoms with van der Waals surface area (Å²) < 4.78 is 112. The number of aliphatic imine (C=N–C) groups is 1. The minimum Gasteiger partial charge on any atom is -0.475 e. The summed E-state index contributed by atoms with van der Waals surface area (Å²) in [7, 11) is 0. The summed E-state index contributed by atoms with van der Waals surface area (Å²) in [5.74, 6) is -25.8. The lowest BCUT2D eigenvalue weighted by atomic mass is 9.75. The number of carbonyl (C=O) groups excluding carboxylic acids is 12. The Labute approximate surface area is 624 Å². The second-order valence-electron chi connectivity index (χ2n) is 28.0. The molecular formula is C65H100F9N15O21. The van der Waals surface area contributed by atoms with Gasteiger partial charge in [-0.05, 0) is 87.0 Å². The summed E-state index contributed by atoms with van der Waals surface area (Å²) in [5, 5.41) is 81.9. The normalized spacial score (nSPS) is 25.1. The van der Waals surface area contributed by atoms with E-state index in [-0.39, 0.29) is 50.2 Å². The number of guanidine groups is 1. The number of nitrogens with two attached hydrogens (primary N) is 4. The number of alkyl halides is 9. The highest BCUT2D eigenvalue weighted by Gasteiger charge is 2.53. The number of primary amides is 1. The van der Waals surface area contributed by atoms with Gasteiger partial charge in [-0.2, -0.15) is 39.5 Å². The van der Waals surface area contributed by atoms with E-state index in [0.717, 1.165) is 6.92 Å². The van der Waals surface area contributed by atoms with Crippen molar-refractivity contribution in [3.63, 3.8) is 0 Å². The molecule has 1 aliphatic carbocycles. The first-order valence-electron chi connectivity index (χ1n) is 34.2. The van der Waals surface area contributed by atoms with E-state index in [1.807, 2.05) is 10.6 Å². The van der Waals surface area contributed by atoms with Crippen LogP contribution >= 0.6 is 0 Å². The Morgan fingerprint density at radius 1 is 0.655 bits per heavy atom. The number of nitrogens with zero attached hydrogens (tertiary/aromatic N) is 1. The zero-order valence-electron chi connectivity index (χ0n) is 61.7. The second-order valence-corrected chi connectivity index (χ2v) is 28.0. The number of hydrogen-bond acceptors (Lipinski definition) is 21. The van der Waals surface area contributed by atoms with E-state index in [1.165, 1.54) is 44.2 Å². The van der Waals surface area contributed by atoms with Gasteiger partial charge >= 0.3 is 36.4 Å². The molecule has 624 valence electrons. The van der Waals surface area contributed by atoms with E-state index in [9.17, 15) is 108 Å². The third kappa shape index (κ3) is 32.8. The molecule has 110 heavy (non-hydrogen) atoms. The summed E-state index contributed by atoms with van der Waals surface area (Å²) in [4.78, 5) is 193. The van der Waals surface area contributed by atoms with Gasteiger partial charge in [-0.25, -0.2) is 14.4 Å². The SMILES string of the molecule is CC[C@H](C)C1NC(=O)[C@@H](CCCN=C(N)N)NC(=O)[C@H](CC(C)C)NC(=O)[C@H]([C@H](O)C(C)C)NC(=O)C(NC(=O)C2(NC(=O)[C@H](N)CC(C)(C)C)CCC(C(F)(F)F)CC2)[C@@H](c2ccccc2)OC(=O)[C@H](CO)NC(=O)[C@H]([C@H](O)C(N)=O)NC(=O)CNC(=O)[C@H]([C@H](C)O)NC1=O.O=C(O)C(F)(F)F.O=C(O)C(F)(F)F. The Balaban J connectivity index is 0.00000391. The second kappa shape index (κ2) is 43.6. The van der Waals surface area contributed by atoms with E-state index in [2.05, 4.69) is 47.5 Å². The molecule has 1 heterocycles. The molecule has 2 aliphatic rings. The van der Waals surface area contributed by atoms with Crippen molar-refractivity contribution in [2.24, 2.45) is 57.0 Å². The van der Waals surface area contributed by atoms with Gasteiger partial charge in [0.05, 0.1) is 37.3 Å². The lowest BCUT2D eigenvalue weighted by Crippen LogP contribution is -2.67. The Kier molecular flexibility index (Phi) is 38.9. The Morgan fingerprint density at radius 3 is 1.59 bits per heavy atom. The van der Waals surface area contributed by atoms with E-state index in [1.54, 1.807) is 48.5 Å². The molecule has 1 aromatic carbocycles. The predicted molar refractivity (Wildman–Crippen MR) is 366 cm³/mol. The van der Waals surface area contributed by atoms with Gasteiger partial charge in [0.25, 0.3) is 0 Å². The molecule has 14 atom stereocenters. The van der Waals surface area contributed by atoms with Gasteiger partial charge in [-0.15, -0.1) is 0 Å². The van der Waals surface area contributed by atoms with Gasteiger partial charge in [-0.3, -0.25) is 57.7 Å². The van der Waals surface area contributed by atoms with Gasteiger partial charge in [0.15, 0.2) is 24.2 Å². The quantitative estimate of drug-likeness (QED) is 0.0208. The van der Waals surface area contributed by atoms with Gasteiger partial charge in [0, 0.05) is 6.54 Å². The highest BCUT2D eigenvalue weighted by Crippen LogP contribution is 2.42. The van der Waals surface area contributed by atoms with Gasteiger partial charge in [0.2, 0.25) is 65.0 Å². The number of aliphatic hydroxyl groups is 4. The molecule has 1 saturated carbocycles. The Hall–Kier alpha value is -9.76. The summed E-state index contributed by atoms with van der Waals surface area (Å²) in [6, 6.07) is -10.8. The molecular weight excluding hydrogens is 1500 g/mol. The van der Waals surface area contributed by atoms with E-state index in [4.69, 9.17) is 47.5 Å². The topological polar surface area (TPSA) is 606 Å². The molecule has 1 aromatic rings. The van der Waals surface area contributed by atoms with Crippen LogP contribution in [0.25, 0.3) is 0 Å². The van der Waals surface area contributed by atoms with E-state index < -0.39 is 254 Å². The first-order valence-corrected chi connectivity index (χ1v) is 34.2. The summed E-state index contributed by atoms with van der Waals surface area (Å²) in [6.07, 6.45) is -26.7. The number of nitrogens with one attached hydrogen (secondary N) is 10. The number of benzene rings is 1. The van der Waals surface area contributed by atoms with Gasteiger partial charge in [0.1, 0.15) is 47.8 Å². The molecule has 0 spiro atoms. The molecule has 36 nitrogen and oxygen atoms in total. The molecule has 1 aliphatic heterocycles. The third-order valence-electron chi connectivity index (χ3n) is 16.8. The lowest BCUT2D eigenvalue weighted by Gasteiger charge is -2.42. The number of carboxylic acids is 2. The molecule has 2 unspecified atom stereocenters. The van der Waals surface area contributed by atoms with Crippen molar-refractivity contribution in [2.45, 2.75) is 230 Å². The van der Waals surface area contributed by atoms with Crippen LogP contribution in [0.3, 0.4) is 0 Å². The number of esters is 1. The van der Waals surface area contributed by atoms with Gasteiger partial charge in [-0.1, -0.05) is 99.1 Å². The number of carboxylic acid groups (broad SMARTS) is 2. The van der Waals surface area contributed by atoms with Crippen molar-refractivity contribution in [3.8, 4) is 0 Å². The number of halogens is 9. The van der Waals surface area contributed by atoms with Crippen LogP contribution in [-0.2, 0) is 71.9 Å². The monoisotopic (exact) mass is 1600 g/mol. The zero-order chi connectivity index (χ0) is 85.1. The molecule has 0 aromatic heterocycles. The van der Waals surface area contributed by atoms with Crippen LogP contribution in [0.15, 0.2) is 35.3 Å². The minimum absolute atomic E-state index is 0.00106. The molecule has 0 bridgehead atoms. The maximum atomic E-state index is 15.6. The fourth-order valence-electron chi connectivity index (χ4n) is 10.6. The molecule has 45 heteroatoms. The predicted octanol–water partition coefficient (Wildman–Crippen LogP) is -2.70. The fraction of sp³-hybridized carbons (Fsp3) is 0.677. The van der Waals surface area contributed by atoms with E-state index >= 15 is 9.59 Å². The number of rotatable bonds is 20. The average Bonchev–Trinajstić information content (AvgIpc) is 0.777. The first kappa shape index (κ1) is 98.2. The van der Waals surface area contributed by atoms with Crippen LogP contribution in [-0.4, -0.2) is 236 Å². The van der Waals surface area contributed by atoms with E-state index in [0.29, 0.717) is 0 Å². The lowest BCUT2D eigenvalue weighted by molar-refractivity contribution is -0.193. The van der Waals surface area contributed by atoms with Crippen molar-refractivity contribution in [2.75, 3.05) is 19.7 Å². The number of hydrogen-bond donors (Lipinski definition) is 20. The molecule has 3 rings (SSSR count). The van der Waals surface area contributed by atoms with Crippen molar-refractivity contribution in [3.05, 3.63) is 35.9 Å². The maximum absolute atomic E-state index is 15.6. The molecule has 2 fully saturated rings. The number of amides is 11. The van der Waals surface area contributed by atoms with Crippen molar-refractivity contribution < 1.29 is 142 Å². The molecule has 24 N–H and O–H groups in total. The van der Waals surface area contributed by atoms with Crippen LogP contribution in [0.1, 0.15) is 139 Å². The smallest absolute Gasteiger partial charge is 0.475 e. The molecule has 11 amide bonds. The van der Waals surface area contributed by atoms with Crippen LogP contribution in [0, 0.1) is 29.1 Å². The molecule has 1 saturated heterocycles. The highest BCUT2D eigenvalue weighted by molar-refractivity contribution is 6.01. The zero-order valence-corrected chi connectivity index (χ0v) is 61.7. The highest BCUT2D eigenvalue weighted by atomic mass is 19.4.